The Balaban J connectivity index is 1.02. The molecule has 3 heteroatoms. The van der Waals surface area contributed by atoms with Gasteiger partial charge in [-0.05, 0) is 80.6 Å². The Morgan fingerprint density at radius 1 is 0.347 bits per heavy atom. The van der Waals surface area contributed by atoms with Crippen LogP contribution in [0.25, 0.3) is 110 Å². The number of furan rings is 1. The zero-order chi connectivity index (χ0) is 32.1. The topological polar surface area (TPSA) is 38.9 Å². The van der Waals surface area contributed by atoms with Crippen LogP contribution in [0, 0.1) is 0 Å². The molecule has 10 aromatic rings. The lowest BCUT2D eigenvalue weighted by atomic mass is 9.96. The number of hydrogen-bond acceptors (Lipinski definition) is 3. The normalized spacial score (nSPS) is 12.1. The van der Waals surface area contributed by atoms with Crippen LogP contribution in [0.5, 0.6) is 0 Å². The van der Waals surface area contributed by atoms with Gasteiger partial charge in [0.2, 0.25) is 0 Å². The lowest BCUT2D eigenvalue weighted by molar-refractivity contribution is 0.669. The summed E-state index contributed by atoms with van der Waals surface area (Å²) < 4.78 is 6.36. The Hall–Kier alpha value is -6.58. The zero-order valence-electron chi connectivity index (χ0n) is 26.3. The van der Waals surface area contributed by atoms with E-state index in [0.717, 1.165) is 66.4 Å². The first-order valence-electron chi connectivity index (χ1n) is 16.7. The monoisotopic (exact) mass is 622 g/mol. The smallest absolute Gasteiger partial charge is 0.136 e. The largest absolute Gasteiger partial charge is 0.456 e. The average Bonchev–Trinajstić information content (AvgIpc) is 3.71. The molecule has 0 unspecified atom stereocenters. The fourth-order valence-corrected chi connectivity index (χ4v) is 7.87. The van der Waals surface area contributed by atoms with Gasteiger partial charge in [0.25, 0.3) is 0 Å². The van der Waals surface area contributed by atoms with Gasteiger partial charge in [-0.3, -0.25) is 0 Å². The Kier molecular flexibility index (Phi) is 5.38. The summed E-state index contributed by atoms with van der Waals surface area (Å²) in [5, 5.41) is 7.07. The molecule has 3 aromatic heterocycles. The van der Waals surface area contributed by atoms with Gasteiger partial charge in [-0.1, -0.05) is 121 Å². The van der Waals surface area contributed by atoms with E-state index in [4.69, 9.17) is 14.4 Å². The summed E-state index contributed by atoms with van der Waals surface area (Å²) in [5.74, 6) is 0. The van der Waals surface area contributed by atoms with Gasteiger partial charge in [0, 0.05) is 32.7 Å². The molecule has 0 saturated heterocycles. The van der Waals surface area contributed by atoms with Crippen LogP contribution in [0.2, 0.25) is 0 Å². The third-order valence-electron chi connectivity index (χ3n) is 10.2. The molecule has 0 bridgehead atoms. The molecule has 1 aliphatic carbocycles. The van der Waals surface area contributed by atoms with E-state index in [-0.39, 0.29) is 0 Å². The molecule has 3 nitrogen and oxygen atoms in total. The van der Waals surface area contributed by atoms with E-state index in [1.165, 1.54) is 44.0 Å². The van der Waals surface area contributed by atoms with E-state index in [1.807, 2.05) is 24.3 Å². The van der Waals surface area contributed by atoms with Gasteiger partial charge in [0.1, 0.15) is 11.2 Å². The number of para-hydroxylation sites is 1. The minimum Gasteiger partial charge on any atom is -0.456 e. The summed E-state index contributed by atoms with van der Waals surface area (Å²) in [4.78, 5) is 10.3. The van der Waals surface area contributed by atoms with Crippen LogP contribution < -0.4 is 0 Å². The number of hydrogen-bond donors (Lipinski definition) is 0. The summed E-state index contributed by atoms with van der Waals surface area (Å²) in [5.41, 5.74) is 15.1. The molecule has 0 N–H and O–H groups in total. The molecule has 0 aliphatic heterocycles. The molecule has 49 heavy (non-hydrogen) atoms. The summed E-state index contributed by atoms with van der Waals surface area (Å²) in [7, 11) is 0. The molecule has 0 atom stereocenters. The maximum Gasteiger partial charge on any atom is 0.136 e. The number of aromatic nitrogens is 2. The predicted molar refractivity (Wildman–Crippen MR) is 203 cm³/mol. The molecule has 0 fully saturated rings. The molecule has 1 aliphatic rings. The van der Waals surface area contributed by atoms with E-state index in [1.54, 1.807) is 0 Å². The van der Waals surface area contributed by atoms with Gasteiger partial charge >= 0.3 is 0 Å². The average molecular weight is 623 g/mol. The van der Waals surface area contributed by atoms with E-state index in [0.29, 0.717) is 0 Å². The fourth-order valence-electron chi connectivity index (χ4n) is 7.87. The third-order valence-corrected chi connectivity index (χ3v) is 10.2. The van der Waals surface area contributed by atoms with Crippen molar-refractivity contribution in [1.82, 2.24) is 9.97 Å². The van der Waals surface area contributed by atoms with Crippen LogP contribution in [-0.4, -0.2) is 9.97 Å². The maximum absolute atomic E-state index is 6.36. The Labute approximate surface area is 281 Å². The van der Waals surface area contributed by atoms with Crippen LogP contribution in [0.4, 0.5) is 0 Å². The SMILES string of the molecule is c1ccc(-c2ccc3ccc4ccc(-c5cccc(-c6ccc7c(c6)-c6cccc8c6c-7cc6oc7ccccc7c68)c5)nc4c3n2)cc1. The van der Waals surface area contributed by atoms with Crippen molar-refractivity contribution in [1.29, 1.82) is 0 Å². The number of benzene rings is 7. The maximum atomic E-state index is 6.36. The number of fused-ring (bicyclic) bond motifs is 10. The standard InChI is InChI=1S/C46H26N2O/c1-2-8-27(9-3-1)39-22-19-28-16-17-29-20-23-40(48-46(29)45(28)47-39)32-11-6-10-30(24-32)31-18-21-33-37(25-31)34-13-7-14-36-43(34)38(33)26-42-44(36)35-12-4-5-15-41(35)49-42/h1-26H. The molecule has 11 rings (SSSR count). The van der Waals surface area contributed by atoms with E-state index in [2.05, 4.69) is 133 Å². The Morgan fingerprint density at radius 2 is 1.00 bits per heavy atom. The predicted octanol–water partition coefficient (Wildman–Crippen LogP) is 12.5. The lowest BCUT2D eigenvalue weighted by Crippen LogP contribution is -1.91. The van der Waals surface area contributed by atoms with Crippen molar-refractivity contribution < 1.29 is 4.42 Å². The first-order chi connectivity index (χ1) is 24.3. The highest BCUT2D eigenvalue weighted by Gasteiger charge is 2.25. The van der Waals surface area contributed by atoms with Crippen LogP contribution >= 0.6 is 0 Å². The molecular formula is C46H26N2O. The van der Waals surface area contributed by atoms with Crippen molar-refractivity contribution in [2.24, 2.45) is 0 Å². The molecule has 0 spiro atoms. The Bertz CT molecular complexity index is 2990. The van der Waals surface area contributed by atoms with E-state index >= 15 is 0 Å². The van der Waals surface area contributed by atoms with Gasteiger partial charge in [-0.25, -0.2) is 9.97 Å². The first-order valence-corrected chi connectivity index (χ1v) is 16.7. The Morgan fingerprint density at radius 3 is 1.84 bits per heavy atom. The summed E-state index contributed by atoms with van der Waals surface area (Å²) in [6, 6.07) is 55.9. The zero-order valence-corrected chi connectivity index (χ0v) is 26.3. The molecule has 0 radical (unpaired) electrons. The highest BCUT2D eigenvalue weighted by Crippen LogP contribution is 2.51. The van der Waals surface area contributed by atoms with Crippen LogP contribution in [-0.2, 0) is 0 Å². The number of pyridine rings is 2. The number of nitrogens with zero attached hydrogens (tertiary/aromatic N) is 2. The summed E-state index contributed by atoms with van der Waals surface area (Å²) >= 11 is 0. The lowest BCUT2D eigenvalue weighted by Gasteiger charge is -2.10. The van der Waals surface area contributed by atoms with Crippen molar-refractivity contribution in [2.75, 3.05) is 0 Å². The second-order valence-corrected chi connectivity index (χ2v) is 12.9. The van der Waals surface area contributed by atoms with Gasteiger partial charge in [-0.2, -0.15) is 0 Å². The highest BCUT2D eigenvalue weighted by molar-refractivity contribution is 6.28. The molecule has 226 valence electrons. The first kappa shape index (κ1) is 26.5. The third kappa shape index (κ3) is 3.90. The highest BCUT2D eigenvalue weighted by atomic mass is 16.3. The second kappa shape index (κ2) is 9.96. The van der Waals surface area contributed by atoms with Crippen LogP contribution in [0.1, 0.15) is 0 Å². The second-order valence-electron chi connectivity index (χ2n) is 12.9. The van der Waals surface area contributed by atoms with Gasteiger partial charge in [0.15, 0.2) is 0 Å². The molecule has 7 aromatic carbocycles. The fraction of sp³-hybridized carbons (Fsp3) is 0. The molecule has 0 amide bonds. The minimum absolute atomic E-state index is 0.917. The molecule has 0 saturated carbocycles. The van der Waals surface area contributed by atoms with E-state index < -0.39 is 0 Å². The number of rotatable bonds is 3. The minimum atomic E-state index is 0.917. The summed E-state index contributed by atoms with van der Waals surface area (Å²) in [6.45, 7) is 0. The van der Waals surface area contributed by atoms with Gasteiger partial charge < -0.3 is 4.42 Å². The van der Waals surface area contributed by atoms with Crippen LogP contribution in [0.3, 0.4) is 0 Å². The van der Waals surface area contributed by atoms with Crippen molar-refractivity contribution >= 4 is 54.5 Å². The summed E-state index contributed by atoms with van der Waals surface area (Å²) in [6.07, 6.45) is 0. The van der Waals surface area contributed by atoms with E-state index in [9.17, 15) is 0 Å². The van der Waals surface area contributed by atoms with Crippen LogP contribution in [0.15, 0.2) is 162 Å². The molecule has 3 heterocycles. The van der Waals surface area contributed by atoms with Gasteiger partial charge in [-0.15, -0.1) is 0 Å². The molecular weight excluding hydrogens is 597 g/mol. The quantitative estimate of drug-likeness (QED) is 0.184. The van der Waals surface area contributed by atoms with Crippen molar-refractivity contribution in [3.8, 4) is 55.9 Å². The van der Waals surface area contributed by atoms with Crippen molar-refractivity contribution in [2.45, 2.75) is 0 Å². The van der Waals surface area contributed by atoms with Crippen molar-refractivity contribution in [3.63, 3.8) is 0 Å². The van der Waals surface area contributed by atoms with Gasteiger partial charge in [0.05, 0.1) is 22.4 Å². The van der Waals surface area contributed by atoms with Crippen molar-refractivity contribution in [3.05, 3.63) is 158 Å².